The molecule has 0 fully saturated rings. The van der Waals surface area contributed by atoms with Gasteiger partial charge in [0.1, 0.15) is 24.0 Å². The molecule has 0 saturated heterocycles. The van der Waals surface area contributed by atoms with Gasteiger partial charge in [-0.05, 0) is 38.5 Å². The second-order valence-corrected chi connectivity index (χ2v) is 7.27. The van der Waals surface area contributed by atoms with E-state index in [1.807, 2.05) is 0 Å². The first-order chi connectivity index (χ1) is 14.1. The smallest absolute Gasteiger partial charge is 0.408 e. The van der Waals surface area contributed by atoms with Crippen LogP contribution >= 0.6 is 0 Å². The lowest BCUT2D eigenvalue weighted by Crippen LogP contribution is -2.45. The number of nitrogens with one attached hydrogen (secondary N) is 1. The fraction of sp³-hybridized carbons (Fsp3) is 0.350. The van der Waals surface area contributed by atoms with Crippen LogP contribution in [0.2, 0.25) is 0 Å². The predicted octanol–water partition coefficient (Wildman–Crippen LogP) is 1.94. The van der Waals surface area contributed by atoms with Gasteiger partial charge in [0, 0.05) is 12.0 Å². The largest absolute Gasteiger partial charge is 0.449 e. The van der Waals surface area contributed by atoms with E-state index in [0.29, 0.717) is 11.1 Å². The number of aromatic nitrogens is 1. The Morgan fingerprint density at radius 1 is 1.27 bits per heavy atom. The molecule has 0 aliphatic rings. The van der Waals surface area contributed by atoms with Crippen molar-refractivity contribution in [3.8, 4) is 17.5 Å². The predicted molar refractivity (Wildman–Crippen MR) is 104 cm³/mol. The zero-order valence-electron chi connectivity index (χ0n) is 16.8. The molecular weight excluding hydrogens is 392 g/mol. The molecule has 158 valence electrons. The summed E-state index contributed by atoms with van der Waals surface area (Å²) in [6.07, 6.45) is 0.483. The summed E-state index contributed by atoms with van der Waals surface area (Å²) < 4.78 is 15.2. The molecule has 2 rings (SSSR count). The van der Waals surface area contributed by atoms with Crippen molar-refractivity contribution in [1.82, 2.24) is 10.3 Å². The van der Waals surface area contributed by atoms with Gasteiger partial charge in [0.15, 0.2) is 12.3 Å². The zero-order valence-corrected chi connectivity index (χ0v) is 16.8. The van der Waals surface area contributed by atoms with Gasteiger partial charge in [0.05, 0.1) is 0 Å². The third-order valence-electron chi connectivity index (χ3n) is 3.65. The molecule has 0 aliphatic carbocycles. The maximum Gasteiger partial charge on any atom is 0.408 e. The van der Waals surface area contributed by atoms with Gasteiger partial charge in [-0.1, -0.05) is 12.1 Å². The van der Waals surface area contributed by atoms with Crippen LogP contribution in [0.5, 0.6) is 0 Å². The molecule has 10 heteroatoms. The standard InChI is InChI=1S/C20H22N4O6/c1-20(2,3)30-19(27)24-14(18(26)28-9-8-21)10-12-4-6-13(7-5-12)17-23-15(11-29-17)16(22)25/h4-7,11,14H,9-10H2,1-3H3,(H2,22,25)(H,24,27)/t14-/m0/s1. The monoisotopic (exact) mass is 414 g/mol. The van der Waals surface area contributed by atoms with E-state index in [1.54, 1.807) is 51.1 Å². The average molecular weight is 414 g/mol. The van der Waals surface area contributed by atoms with Gasteiger partial charge < -0.3 is 24.9 Å². The minimum absolute atomic E-state index is 0.0101. The van der Waals surface area contributed by atoms with Crippen LogP contribution in [0.1, 0.15) is 36.8 Å². The molecule has 0 unspecified atom stereocenters. The molecule has 0 spiro atoms. The first-order valence-electron chi connectivity index (χ1n) is 8.97. The van der Waals surface area contributed by atoms with E-state index in [4.69, 9.17) is 24.9 Å². The summed E-state index contributed by atoms with van der Waals surface area (Å²) in [7, 11) is 0. The molecule has 0 bridgehead atoms. The van der Waals surface area contributed by atoms with Crippen LogP contribution in [0.3, 0.4) is 0 Å². The number of hydrogen-bond acceptors (Lipinski definition) is 8. The van der Waals surface area contributed by atoms with Crippen molar-refractivity contribution in [3.63, 3.8) is 0 Å². The number of carbonyl (C=O) groups excluding carboxylic acids is 3. The lowest BCUT2D eigenvalue weighted by molar-refractivity contribution is -0.144. The lowest BCUT2D eigenvalue weighted by Gasteiger charge is -2.22. The van der Waals surface area contributed by atoms with Gasteiger partial charge >= 0.3 is 12.1 Å². The molecule has 0 radical (unpaired) electrons. The highest BCUT2D eigenvalue weighted by atomic mass is 16.6. The lowest BCUT2D eigenvalue weighted by atomic mass is 10.0. The normalized spacial score (nSPS) is 11.8. The Balaban J connectivity index is 2.13. The number of alkyl carbamates (subject to hydrolysis) is 1. The van der Waals surface area contributed by atoms with Crippen LogP contribution in [0.15, 0.2) is 34.9 Å². The first kappa shape index (κ1) is 22.4. The van der Waals surface area contributed by atoms with Crippen molar-refractivity contribution in [3.05, 3.63) is 41.8 Å². The van der Waals surface area contributed by atoms with Gasteiger partial charge in [-0.2, -0.15) is 5.26 Å². The molecule has 3 N–H and O–H groups in total. The number of rotatable bonds is 7. The highest BCUT2D eigenvalue weighted by Crippen LogP contribution is 2.20. The third-order valence-corrected chi connectivity index (χ3v) is 3.65. The summed E-state index contributed by atoms with van der Waals surface area (Å²) in [6, 6.07) is 7.41. The SMILES string of the molecule is CC(C)(C)OC(=O)N[C@@H](Cc1ccc(-c2nc(C(N)=O)co2)cc1)C(=O)OCC#N. The maximum atomic E-state index is 12.3. The van der Waals surface area contributed by atoms with Crippen LogP contribution in [0.4, 0.5) is 4.79 Å². The Morgan fingerprint density at radius 3 is 2.47 bits per heavy atom. The van der Waals surface area contributed by atoms with E-state index in [2.05, 4.69) is 10.3 Å². The summed E-state index contributed by atoms with van der Waals surface area (Å²) in [6.45, 7) is 4.65. The van der Waals surface area contributed by atoms with Gasteiger partial charge in [-0.25, -0.2) is 14.6 Å². The van der Waals surface area contributed by atoms with Crippen molar-refractivity contribution in [2.75, 3.05) is 6.61 Å². The van der Waals surface area contributed by atoms with E-state index in [-0.39, 0.29) is 18.0 Å². The molecule has 0 saturated carbocycles. The van der Waals surface area contributed by atoms with E-state index >= 15 is 0 Å². The number of nitrogens with two attached hydrogens (primary N) is 1. The second-order valence-electron chi connectivity index (χ2n) is 7.27. The number of ether oxygens (including phenoxy) is 2. The van der Waals surface area contributed by atoms with E-state index in [9.17, 15) is 14.4 Å². The van der Waals surface area contributed by atoms with Crippen molar-refractivity contribution in [2.24, 2.45) is 5.73 Å². The first-order valence-corrected chi connectivity index (χ1v) is 8.97. The zero-order chi connectivity index (χ0) is 22.3. The van der Waals surface area contributed by atoms with Gasteiger partial charge in [0.2, 0.25) is 5.89 Å². The highest BCUT2D eigenvalue weighted by Gasteiger charge is 2.26. The Morgan fingerprint density at radius 2 is 1.93 bits per heavy atom. The van der Waals surface area contributed by atoms with E-state index < -0.39 is 36.2 Å². The minimum atomic E-state index is -1.05. The third kappa shape index (κ3) is 6.63. The topological polar surface area (TPSA) is 158 Å². The summed E-state index contributed by atoms with van der Waals surface area (Å²) >= 11 is 0. The Hall–Kier alpha value is -3.87. The van der Waals surface area contributed by atoms with Crippen molar-refractivity contribution in [1.29, 1.82) is 5.26 Å². The van der Waals surface area contributed by atoms with Crippen molar-refractivity contribution < 1.29 is 28.3 Å². The van der Waals surface area contributed by atoms with Crippen LogP contribution in [0, 0.1) is 11.3 Å². The molecule has 1 atom stereocenters. The van der Waals surface area contributed by atoms with Gasteiger partial charge in [-0.15, -0.1) is 0 Å². The minimum Gasteiger partial charge on any atom is -0.449 e. The van der Waals surface area contributed by atoms with E-state index in [0.717, 1.165) is 6.26 Å². The van der Waals surface area contributed by atoms with Crippen LogP contribution in [-0.4, -0.2) is 41.2 Å². The number of esters is 1. The Bertz CT molecular complexity index is 953. The number of nitrogens with zero attached hydrogens (tertiary/aromatic N) is 2. The summed E-state index contributed by atoms with van der Waals surface area (Å²) in [4.78, 5) is 39.4. The number of primary amides is 1. The molecule has 1 heterocycles. The molecule has 2 aromatic rings. The quantitative estimate of drug-likeness (QED) is 0.651. The highest BCUT2D eigenvalue weighted by molar-refractivity contribution is 5.90. The summed E-state index contributed by atoms with van der Waals surface area (Å²) in [5.74, 6) is -1.24. The van der Waals surface area contributed by atoms with Crippen LogP contribution in [0.25, 0.3) is 11.5 Å². The number of carbonyl (C=O) groups is 3. The number of oxazole rings is 1. The fourth-order valence-electron chi connectivity index (χ4n) is 2.39. The molecule has 1 aromatic heterocycles. The van der Waals surface area contributed by atoms with Crippen molar-refractivity contribution in [2.45, 2.75) is 38.8 Å². The Kier molecular flexibility index (Phi) is 7.14. The molecule has 1 aromatic carbocycles. The molecular formula is C20H22N4O6. The van der Waals surface area contributed by atoms with E-state index in [1.165, 1.54) is 0 Å². The molecule has 0 aliphatic heterocycles. The fourth-order valence-corrected chi connectivity index (χ4v) is 2.39. The van der Waals surface area contributed by atoms with Gasteiger partial charge in [0.25, 0.3) is 5.91 Å². The maximum absolute atomic E-state index is 12.3. The number of benzene rings is 1. The number of hydrogen-bond donors (Lipinski definition) is 2. The van der Waals surface area contributed by atoms with Gasteiger partial charge in [-0.3, -0.25) is 4.79 Å². The summed E-state index contributed by atoms with van der Waals surface area (Å²) in [5, 5.41) is 11.1. The molecule has 30 heavy (non-hydrogen) atoms. The van der Waals surface area contributed by atoms with Crippen LogP contribution < -0.4 is 11.1 Å². The van der Waals surface area contributed by atoms with Crippen LogP contribution in [-0.2, 0) is 20.7 Å². The molecule has 10 nitrogen and oxygen atoms in total. The summed E-state index contributed by atoms with van der Waals surface area (Å²) in [5.41, 5.74) is 5.70. The van der Waals surface area contributed by atoms with Crippen molar-refractivity contribution >= 4 is 18.0 Å². The number of amides is 2. The Labute approximate surface area is 173 Å². The number of nitriles is 1. The average Bonchev–Trinajstić information content (AvgIpc) is 3.15. The molecule has 2 amide bonds. The second kappa shape index (κ2) is 9.56.